The van der Waals surface area contributed by atoms with E-state index in [-0.39, 0.29) is 30.8 Å². The molecule has 0 aromatic carbocycles. The van der Waals surface area contributed by atoms with Crippen molar-refractivity contribution in [1.29, 1.82) is 0 Å². The second-order valence-electron chi connectivity index (χ2n) is 3.12. The van der Waals surface area contributed by atoms with Gasteiger partial charge in [-0.2, -0.15) is 0 Å². The highest BCUT2D eigenvalue weighted by molar-refractivity contribution is 4.91. The number of azide groups is 1. The van der Waals surface area contributed by atoms with Gasteiger partial charge in [0.25, 0.3) is 0 Å². The fourth-order valence-corrected chi connectivity index (χ4v) is 1.49. The molecule has 1 rings (SSSR count). The fourth-order valence-electron chi connectivity index (χ4n) is 1.49. The molecule has 0 aromatic rings. The summed E-state index contributed by atoms with van der Waals surface area (Å²) in [6.07, 6.45) is -0.274. The Hall–Kier alpha value is -0.770. The van der Waals surface area contributed by atoms with E-state index < -0.39 is 0 Å². The summed E-state index contributed by atoms with van der Waals surface area (Å²) in [6.45, 7) is 3.79. The van der Waals surface area contributed by atoms with Gasteiger partial charge < -0.3 is 9.84 Å². The normalized spacial score (nSPS) is 40.9. The molecule has 1 saturated heterocycles. The summed E-state index contributed by atoms with van der Waals surface area (Å²) in [6, 6.07) is -0.227. The van der Waals surface area contributed by atoms with Crippen molar-refractivity contribution in [2.24, 2.45) is 11.0 Å². The highest BCUT2D eigenvalue weighted by atomic mass is 16.5. The average Bonchev–Trinajstić information content (AvgIpc) is 2.33. The van der Waals surface area contributed by atoms with E-state index in [1.807, 2.05) is 13.8 Å². The number of aliphatic hydroxyl groups is 1. The molecular weight excluding hydrogens is 158 g/mol. The zero-order valence-electron chi connectivity index (χ0n) is 7.21. The minimum Gasteiger partial charge on any atom is -0.394 e. The fraction of sp³-hybridized carbons (Fsp3) is 1.00. The number of hydrogen-bond donors (Lipinski definition) is 1. The number of ether oxygens (including phenoxy) is 1. The first kappa shape index (κ1) is 9.32. The van der Waals surface area contributed by atoms with Crippen LogP contribution < -0.4 is 0 Å². The quantitative estimate of drug-likeness (QED) is 0.383. The summed E-state index contributed by atoms with van der Waals surface area (Å²) < 4.78 is 5.37. The van der Waals surface area contributed by atoms with E-state index in [4.69, 9.17) is 15.4 Å². The summed E-state index contributed by atoms with van der Waals surface area (Å²) in [7, 11) is 0. The van der Waals surface area contributed by atoms with Gasteiger partial charge in [-0.1, -0.05) is 12.0 Å². The summed E-state index contributed by atoms with van der Waals surface area (Å²) in [5, 5.41) is 12.5. The molecule has 1 N–H and O–H groups in total. The van der Waals surface area contributed by atoms with Crippen molar-refractivity contribution < 1.29 is 9.84 Å². The topological polar surface area (TPSA) is 78.2 Å². The van der Waals surface area contributed by atoms with Gasteiger partial charge in [-0.25, -0.2) is 0 Å². The minimum absolute atomic E-state index is 0.0534. The third kappa shape index (κ3) is 1.53. The molecule has 4 atom stereocenters. The highest BCUT2D eigenvalue weighted by Gasteiger charge is 2.38. The minimum atomic E-state index is -0.328. The Balaban J connectivity index is 2.72. The van der Waals surface area contributed by atoms with E-state index in [1.165, 1.54) is 0 Å². The van der Waals surface area contributed by atoms with Gasteiger partial charge >= 0.3 is 0 Å². The molecular formula is C7H13N3O2. The van der Waals surface area contributed by atoms with Crippen LogP contribution in [0.1, 0.15) is 13.8 Å². The highest BCUT2D eigenvalue weighted by Crippen LogP contribution is 2.28. The zero-order valence-corrected chi connectivity index (χ0v) is 7.21. The van der Waals surface area contributed by atoms with Gasteiger partial charge in [-0.05, 0) is 18.4 Å². The summed E-state index contributed by atoms with van der Waals surface area (Å²) in [4.78, 5) is 2.73. The maximum Gasteiger partial charge on any atom is 0.0897 e. The number of nitrogens with zero attached hydrogens (tertiary/aromatic N) is 3. The molecule has 0 radical (unpaired) electrons. The van der Waals surface area contributed by atoms with Gasteiger partial charge in [0, 0.05) is 4.91 Å². The van der Waals surface area contributed by atoms with Crippen molar-refractivity contribution in [3.8, 4) is 0 Å². The van der Waals surface area contributed by atoms with Crippen LogP contribution in [0, 0.1) is 5.92 Å². The van der Waals surface area contributed by atoms with E-state index >= 15 is 0 Å². The Morgan fingerprint density at radius 1 is 1.58 bits per heavy atom. The van der Waals surface area contributed by atoms with Crippen molar-refractivity contribution in [1.82, 2.24) is 0 Å². The van der Waals surface area contributed by atoms with Crippen LogP contribution in [-0.2, 0) is 4.74 Å². The zero-order chi connectivity index (χ0) is 9.14. The maximum absolute atomic E-state index is 8.89. The molecule has 1 heterocycles. The standard InChI is InChI=1S/C7H13N3O2/c1-4-5(2)12-6(3-11)7(4)9-10-8/h4-7,11H,3H2,1-2H3/t4?,5?,6-,7?/m1/s1. The van der Waals surface area contributed by atoms with E-state index in [1.54, 1.807) is 0 Å². The molecule has 0 bridgehead atoms. The lowest BCUT2D eigenvalue weighted by Crippen LogP contribution is -2.26. The van der Waals surface area contributed by atoms with Crippen LogP contribution in [0.15, 0.2) is 5.11 Å². The third-order valence-corrected chi connectivity index (χ3v) is 2.41. The molecule has 0 aromatic heterocycles. The summed E-state index contributed by atoms with van der Waals surface area (Å²) in [5.41, 5.74) is 8.27. The molecule has 1 fully saturated rings. The lowest BCUT2D eigenvalue weighted by atomic mass is 9.98. The van der Waals surface area contributed by atoms with Crippen LogP contribution in [-0.4, -0.2) is 30.0 Å². The van der Waals surface area contributed by atoms with Crippen molar-refractivity contribution >= 4 is 0 Å². The van der Waals surface area contributed by atoms with Crippen LogP contribution in [0.3, 0.4) is 0 Å². The molecule has 68 valence electrons. The lowest BCUT2D eigenvalue weighted by Gasteiger charge is -2.12. The van der Waals surface area contributed by atoms with E-state index in [9.17, 15) is 0 Å². The maximum atomic E-state index is 8.89. The van der Waals surface area contributed by atoms with E-state index in [2.05, 4.69) is 10.0 Å². The predicted octanol–water partition coefficient (Wildman–Crippen LogP) is 1.08. The van der Waals surface area contributed by atoms with Crippen molar-refractivity contribution in [2.45, 2.75) is 32.1 Å². The monoisotopic (exact) mass is 171 g/mol. The van der Waals surface area contributed by atoms with Crippen LogP contribution in [0.4, 0.5) is 0 Å². The first-order valence-corrected chi connectivity index (χ1v) is 4.01. The summed E-state index contributed by atoms with van der Waals surface area (Å²) >= 11 is 0. The second kappa shape index (κ2) is 3.76. The molecule has 0 aliphatic carbocycles. The predicted molar refractivity (Wildman–Crippen MR) is 43.5 cm³/mol. The van der Waals surface area contributed by atoms with Gasteiger partial charge in [0.2, 0.25) is 0 Å². The molecule has 0 amide bonds. The average molecular weight is 171 g/mol. The van der Waals surface area contributed by atoms with Crippen LogP contribution >= 0.6 is 0 Å². The van der Waals surface area contributed by atoms with Gasteiger partial charge in [0.05, 0.1) is 24.9 Å². The second-order valence-corrected chi connectivity index (χ2v) is 3.12. The molecule has 1 aliphatic rings. The van der Waals surface area contributed by atoms with Crippen LogP contribution in [0.25, 0.3) is 10.4 Å². The molecule has 5 nitrogen and oxygen atoms in total. The summed E-state index contributed by atoms with van der Waals surface area (Å²) in [5.74, 6) is 0.179. The van der Waals surface area contributed by atoms with Crippen LogP contribution in [0.5, 0.6) is 0 Å². The first-order chi connectivity index (χ1) is 5.70. The number of rotatable bonds is 2. The molecule has 0 spiro atoms. The first-order valence-electron chi connectivity index (χ1n) is 4.01. The van der Waals surface area contributed by atoms with Gasteiger partial charge in [-0.3, -0.25) is 0 Å². The number of aliphatic hydroxyl groups excluding tert-OH is 1. The Kier molecular flexibility index (Phi) is 2.92. The number of hydrogen-bond acceptors (Lipinski definition) is 3. The van der Waals surface area contributed by atoms with Crippen molar-refractivity contribution in [2.75, 3.05) is 6.61 Å². The molecule has 0 saturated carbocycles. The Labute approximate surface area is 71.0 Å². The SMILES string of the molecule is CC1O[C@H](CO)C(N=[N+]=[N-])C1C. The largest absolute Gasteiger partial charge is 0.394 e. The van der Waals surface area contributed by atoms with Crippen LogP contribution in [0.2, 0.25) is 0 Å². The third-order valence-electron chi connectivity index (χ3n) is 2.41. The Morgan fingerprint density at radius 3 is 2.75 bits per heavy atom. The smallest absolute Gasteiger partial charge is 0.0897 e. The molecule has 1 aliphatic heterocycles. The van der Waals surface area contributed by atoms with Gasteiger partial charge in [0.15, 0.2) is 0 Å². The van der Waals surface area contributed by atoms with E-state index in [0.717, 1.165) is 0 Å². The molecule has 5 heteroatoms. The lowest BCUT2D eigenvalue weighted by molar-refractivity contribution is 0.0119. The Morgan fingerprint density at radius 2 is 2.25 bits per heavy atom. The van der Waals surface area contributed by atoms with Crippen molar-refractivity contribution in [3.63, 3.8) is 0 Å². The van der Waals surface area contributed by atoms with Gasteiger partial charge in [0.1, 0.15) is 0 Å². The molecule has 12 heavy (non-hydrogen) atoms. The van der Waals surface area contributed by atoms with Gasteiger partial charge in [-0.15, -0.1) is 0 Å². The molecule has 3 unspecified atom stereocenters. The Bertz CT molecular complexity index is 203. The van der Waals surface area contributed by atoms with Crippen molar-refractivity contribution in [3.05, 3.63) is 10.4 Å². The van der Waals surface area contributed by atoms with E-state index in [0.29, 0.717) is 0 Å².